The van der Waals surface area contributed by atoms with Crippen LogP contribution in [0.1, 0.15) is 27.9 Å². The van der Waals surface area contributed by atoms with Gasteiger partial charge in [0, 0.05) is 6.54 Å². The van der Waals surface area contributed by atoms with E-state index in [0.29, 0.717) is 11.5 Å². The number of nitrogens with zero attached hydrogens (tertiary/aromatic N) is 1. The van der Waals surface area contributed by atoms with Crippen molar-refractivity contribution in [1.29, 1.82) is 0 Å². The Hall–Kier alpha value is -1.35. The molecule has 1 aromatic carbocycles. The van der Waals surface area contributed by atoms with E-state index in [1.807, 2.05) is 12.1 Å². The van der Waals surface area contributed by atoms with Crippen LogP contribution in [-0.2, 0) is 12.8 Å². The van der Waals surface area contributed by atoms with E-state index in [4.69, 9.17) is 5.11 Å². The summed E-state index contributed by atoms with van der Waals surface area (Å²) >= 11 is 0. The highest BCUT2D eigenvalue weighted by Crippen LogP contribution is 2.29. The zero-order valence-electron chi connectivity index (χ0n) is 9.85. The Morgan fingerprint density at radius 2 is 2.06 bits per heavy atom. The van der Waals surface area contributed by atoms with Crippen molar-refractivity contribution in [1.82, 2.24) is 4.90 Å². The van der Waals surface area contributed by atoms with E-state index < -0.39 is 5.97 Å². The maximum Gasteiger partial charge on any atom is 0.335 e. The predicted molar refractivity (Wildman–Crippen MR) is 65.4 cm³/mol. The number of benzene rings is 1. The molecule has 1 aromatic rings. The topological polar surface area (TPSA) is 40.5 Å². The van der Waals surface area contributed by atoms with Crippen molar-refractivity contribution in [3.8, 4) is 0 Å². The van der Waals surface area contributed by atoms with E-state index >= 15 is 0 Å². The maximum absolute atomic E-state index is 10.9. The van der Waals surface area contributed by atoms with Gasteiger partial charge < -0.3 is 10.0 Å². The van der Waals surface area contributed by atoms with Crippen molar-refractivity contribution >= 4 is 5.97 Å². The first-order valence-electron chi connectivity index (χ1n) is 6.30. The van der Waals surface area contributed by atoms with Gasteiger partial charge in [0.15, 0.2) is 0 Å². The Balaban J connectivity index is 1.71. The number of carboxylic acids is 1. The molecule has 1 fully saturated rings. The van der Waals surface area contributed by atoms with Crippen LogP contribution in [0, 0.1) is 5.92 Å². The second-order valence-corrected chi connectivity index (χ2v) is 5.22. The van der Waals surface area contributed by atoms with Gasteiger partial charge in [-0.3, -0.25) is 0 Å². The first kappa shape index (κ1) is 10.8. The van der Waals surface area contributed by atoms with Crippen LogP contribution in [0.5, 0.6) is 0 Å². The number of aromatic carboxylic acids is 1. The SMILES string of the molecule is O=C(O)c1ccc2c(c1)CC(CN1CCC1)C2. The summed E-state index contributed by atoms with van der Waals surface area (Å²) in [6, 6.07) is 5.58. The maximum atomic E-state index is 10.9. The molecule has 1 N–H and O–H groups in total. The van der Waals surface area contributed by atoms with Gasteiger partial charge in [0.25, 0.3) is 0 Å². The number of fused-ring (bicyclic) bond motifs is 1. The molecule has 0 spiro atoms. The summed E-state index contributed by atoms with van der Waals surface area (Å²) in [4.78, 5) is 13.4. The second kappa shape index (κ2) is 4.15. The van der Waals surface area contributed by atoms with Gasteiger partial charge in [0.05, 0.1) is 5.56 Å². The van der Waals surface area contributed by atoms with Crippen molar-refractivity contribution in [3.63, 3.8) is 0 Å². The van der Waals surface area contributed by atoms with Gasteiger partial charge in [-0.2, -0.15) is 0 Å². The van der Waals surface area contributed by atoms with Gasteiger partial charge in [0.1, 0.15) is 0 Å². The average molecular weight is 231 g/mol. The molecule has 0 radical (unpaired) electrons. The third-order valence-electron chi connectivity index (χ3n) is 3.94. The minimum Gasteiger partial charge on any atom is -0.478 e. The fourth-order valence-electron chi connectivity index (χ4n) is 2.90. The standard InChI is InChI=1S/C14H17NO2/c16-14(17)12-3-2-11-6-10(7-13(11)8-12)9-15-4-1-5-15/h2-3,8,10H,1,4-7,9H2,(H,16,17). The molecule has 1 unspecified atom stereocenters. The molecular weight excluding hydrogens is 214 g/mol. The minimum atomic E-state index is -0.820. The molecule has 0 aromatic heterocycles. The molecule has 1 aliphatic heterocycles. The summed E-state index contributed by atoms with van der Waals surface area (Å²) in [5, 5.41) is 8.97. The highest BCUT2D eigenvalue weighted by molar-refractivity contribution is 5.88. The molecule has 1 saturated heterocycles. The number of hydrogen-bond donors (Lipinski definition) is 1. The zero-order valence-corrected chi connectivity index (χ0v) is 9.85. The van der Waals surface area contributed by atoms with Crippen molar-refractivity contribution in [2.45, 2.75) is 19.3 Å². The van der Waals surface area contributed by atoms with E-state index in [0.717, 1.165) is 12.8 Å². The lowest BCUT2D eigenvalue weighted by Crippen LogP contribution is -2.40. The Kier molecular flexibility index (Phi) is 2.63. The van der Waals surface area contributed by atoms with E-state index in [2.05, 4.69) is 4.90 Å². The van der Waals surface area contributed by atoms with E-state index in [1.165, 1.54) is 37.2 Å². The average Bonchev–Trinajstić information content (AvgIpc) is 2.64. The zero-order chi connectivity index (χ0) is 11.8. The molecule has 3 heteroatoms. The van der Waals surface area contributed by atoms with Crippen LogP contribution in [0.4, 0.5) is 0 Å². The molecule has 0 amide bonds. The van der Waals surface area contributed by atoms with Gasteiger partial charge >= 0.3 is 5.97 Å². The molecule has 0 bridgehead atoms. The van der Waals surface area contributed by atoms with Crippen molar-refractivity contribution < 1.29 is 9.90 Å². The molecular formula is C14H17NO2. The van der Waals surface area contributed by atoms with Crippen molar-refractivity contribution in [2.24, 2.45) is 5.92 Å². The van der Waals surface area contributed by atoms with Gasteiger partial charge in [0.2, 0.25) is 0 Å². The van der Waals surface area contributed by atoms with E-state index in [1.54, 1.807) is 6.07 Å². The number of hydrogen-bond acceptors (Lipinski definition) is 2. The Morgan fingerprint density at radius 3 is 2.71 bits per heavy atom. The fourth-order valence-corrected chi connectivity index (χ4v) is 2.90. The largest absolute Gasteiger partial charge is 0.478 e. The smallest absolute Gasteiger partial charge is 0.335 e. The van der Waals surface area contributed by atoms with Crippen LogP contribution in [0.25, 0.3) is 0 Å². The number of carboxylic acid groups (broad SMARTS) is 1. The third-order valence-corrected chi connectivity index (χ3v) is 3.94. The second-order valence-electron chi connectivity index (χ2n) is 5.22. The van der Waals surface area contributed by atoms with Crippen LogP contribution in [-0.4, -0.2) is 35.6 Å². The number of carbonyl (C=O) groups is 1. The third kappa shape index (κ3) is 2.07. The molecule has 3 rings (SSSR count). The lowest BCUT2D eigenvalue weighted by molar-refractivity contribution is 0.0697. The Labute approximate surface area is 101 Å². The predicted octanol–water partition coefficient (Wildman–Crippen LogP) is 1.81. The first-order chi connectivity index (χ1) is 8.22. The molecule has 1 heterocycles. The summed E-state index contributed by atoms with van der Waals surface area (Å²) in [6.07, 6.45) is 3.50. The summed E-state index contributed by atoms with van der Waals surface area (Å²) in [7, 11) is 0. The molecule has 2 aliphatic rings. The van der Waals surface area contributed by atoms with Crippen LogP contribution in [0.3, 0.4) is 0 Å². The highest BCUT2D eigenvalue weighted by atomic mass is 16.4. The van der Waals surface area contributed by atoms with Gasteiger partial charge in [-0.05, 0) is 61.5 Å². The van der Waals surface area contributed by atoms with E-state index in [9.17, 15) is 4.79 Å². The molecule has 3 nitrogen and oxygen atoms in total. The monoisotopic (exact) mass is 231 g/mol. The summed E-state index contributed by atoms with van der Waals surface area (Å²) < 4.78 is 0. The van der Waals surface area contributed by atoms with Gasteiger partial charge in [-0.1, -0.05) is 6.07 Å². The van der Waals surface area contributed by atoms with Crippen molar-refractivity contribution in [3.05, 3.63) is 34.9 Å². The number of rotatable bonds is 3. The number of likely N-dealkylation sites (tertiary alicyclic amines) is 1. The molecule has 1 atom stereocenters. The van der Waals surface area contributed by atoms with Gasteiger partial charge in [-0.25, -0.2) is 4.79 Å². The highest BCUT2D eigenvalue weighted by Gasteiger charge is 2.26. The lowest BCUT2D eigenvalue weighted by atomic mass is 10.0. The Bertz CT molecular complexity index is 452. The van der Waals surface area contributed by atoms with Crippen LogP contribution in [0.2, 0.25) is 0 Å². The normalized spacial score (nSPS) is 23.2. The fraction of sp³-hybridized carbons (Fsp3) is 0.500. The van der Waals surface area contributed by atoms with Crippen LogP contribution < -0.4 is 0 Å². The first-order valence-corrected chi connectivity index (χ1v) is 6.30. The van der Waals surface area contributed by atoms with Gasteiger partial charge in [-0.15, -0.1) is 0 Å². The summed E-state index contributed by atoms with van der Waals surface area (Å²) in [6.45, 7) is 3.66. The van der Waals surface area contributed by atoms with Crippen LogP contribution >= 0.6 is 0 Å². The van der Waals surface area contributed by atoms with Crippen molar-refractivity contribution in [2.75, 3.05) is 19.6 Å². The molecule has 0 saturated carbocycles. The lowest BCUT2D eigenvalue weighted by Gasteiger charge is -2.32. The summed E-state index contributed by atoms with van der Waals surface area (Å²) in [5.41, 5.74) is 3.02. The molecule has 17 heavy (non-hydrogen) atoms. The molecule has 1 aliphatic carbocycles. The molecule has 90 valence electrons. The van der Waals surface area contributed by atoms with Crippen LogP contribution in [0.15, 0.2) is 18.2 Å². The Morgan fingerprint density at radius 1 is 1.29 bits per heavy atom. The summed E-state index contributed by atoms with van der Waals surface area (Å²) in [5.74, 6) is -0.131. The van der Waals surface area contributed by atoms with E-state index in [-0.39, 0.29) is 0 Å². The quantitative estimate of drug-likeness (QED) is 0.862. The minimum absolute atomic E-state index is 0.424.